The molecule has 2 rings (SSSR count). The summed E-state index contributed by atoms with van der Waals surface area (Å²) >= 11 is 5.86. The van der Waals surface area contributed by atoms with Gasteiger partial charge in [-0.1, -0.05) is 11.6 Å². The first-order valence-electron chi connectivity index (χ1n) is 6.86. The highest BCUT2D eigenvalue weighted by Gasteiger charge is 2.37. The van der Waals surface area contributed by atoms with Crippen molar-refractivity contribution in [1.29, 1.82) is 0 Å². The van der Waals surface area contributed by atoms with E-state index in [2.05, 4.69) is 5.32 Å². The fourth-order valence-electron chi connectivity index (χ4n) is 2.03. The number of methoxy groups -OCH3 is 1. The van der Waals surface area contributed by atoms with E-state index < -0.39 is 35.0 Å². The second-order valence-corrected chi connectivity index (χ2v) is 5.51. The Morgan fingerprint density at radius 2 is 1.50 bits per heavy atom. The Morgan fingerprint density at radius 3 is 1.92 bits per heavy atom. The number of hydrogen-bond donors (Lipinski definition) is 1. The fraction of sp³-hybridized carbons (Fsp3) is 0.188. The summed E-state index contributed by atoms with van der Waals surface area (Å²) in [6, 6.07) is 4.59. The van der Waals surface area contributed by atoms with Crippen LogP contribution in [0.5, 0.6) is 5.75 Å². The van der Waals surface area contributed by atoms with Crippen LogP contribution in [0.4, 0.5) is 32.0 Å². The number of ether oxygens (including phenoxy) is 1. The predicted molar refractivity (Wildman–Crippen MR) is 82.4 cm³/mol. The maximum atomic E-state index is 12.8. The SMILES string of the molecule is COc1ccc(NC(=O)c2cc(C(F)(F)F)cc(C(F)(F)F)c2)cc1Cl. The zero-order valence-electron chi connectivity index (χ0n) is 12.9. The number of carbonyl (C=O) groups is 1. The van der Waals surface area contributed by atoms with Crippen molar-refractivity contribution in [3.8, 4) is 5.75 Å². The highest BCUT2D eigenvalue weighted by atomic mass is 35.5. The third kappa shape index (κ3) is 4.60. The minimum absolute atomic E-state index is 0.0545. The number of alkyl halides is 6. The number of hydrogen-bond acceptors (Lipinski definition) is 2. The van der Waals surface area contributed by atoms with E-state index in [1.165, 1.54) is 25.3 Å². The van der Waals surface area contributed by atoms with Gasteiger partial charge in [-0.3, -0.25) is 4.79 Å². The van der Waals surface area contributed by atoms with E-state index in [-0.39, 0.29) is 22.5 Å². The van der Waals surface area contributed by atoms with Crippen molar-refractivity contribution in [3.63, 3.8) is 0 Å². The molecule has 140 valence electrons. The normalized spacial score (nSPS) is 12.0. The molecule has 0 saturated heterocycles. The van der Waals surface area contributed by atoms with E-state index >= 15 is 0 Å². The van der Waals surface area contributed by atoms with Gasteiger partial charge in [-0.25, -0.2) is 0 Å². The number of rotatable bonds is 3. The smallest absolute Gasteiger partial charge is 0.416 e. The van der Waals surface area contributed by atoms with E-state index in [0.29, 0.717) is 12.1 Å². The molecule has 0 saturated carbocycles. The molecule has 2 aromatic carbocycles. The topological polar surface area (TPSA) is 38.3 Å². The van der Waals surface area contributed by atoms with Crippen LogP contribution in [0.25, 0.3) is 0 Å². The summed E-state index contributed by atoms with van der Waals surface area (Å²) in [5, 5.41) is 2.30. The molecule has 0 fully saturated rings. The van der Waals surface area contributed by atoms with Gasteiger partial charge < -0.3 is 10.1 Å². The summed E-state index contributed by atoms with van der Waals surface area (Å²) < 4.78 is 81.9. The largest absolute Gasteiger partial charge is 0.495 e. The van der Waals surface area contributed by atoms with Crippen LogP contribution in [-0.2, 0) is 12.4 Å². The van der Waals surface area contributed by atoms with Crippen molar-refractivity contribution >= 4 is 23.2 Å². The third-order valence-corrected chi connectivity index (χ3v) is 3.55. The van der Waals surface area contributed by atoms with Gasteiger partial charge in [0.05, 0.1) is 23.3 Å². The summed E-state index contributed by atoms with van der Waals surface area (Å²) in [4.78, 5) is 12.1. The van der Waals surface area contributed by atoms with Crippen molar-refractivity contribution in [2.24, 2.45) is 0 Å². The van der Waals surface area contributed by atoms with Gasteiger partial charge in [0.2, 0.25) is 0 Å². The number of halogens is 7. The van der Waals surface area contributed by atoms with E-state index in [0.717, 1.165) is 0 Å². The van der Waals surface area contributed by atoms with Crippen LogP contribution in [-0.4, -0.2) is 13.0 Å². The van der Waals surface area contributed by atoms with Gasteiger partial charge in [0.15, 0.2) is 0 Å². The molecule has 2 aromatic rings. The van der Waals surface area contributed by atoms with Gasteiger partial charge in [-0.05, 0) is 36.4 Å². The summed E-state index contributed by atoms with van der Waals surface area (Å²) in [5.41, 5.74) is -3.87. The first-order valence-corrected chi connectivity index (χ1v) is 7.24. The van der Waals surface area contributed by atoms with Crippen molar-refractivity contribution in [2.45, 2.75) is 12.4 Å². The van der Waals surface area contributed by atoms with Crippen LogP contribution in [0.15, 0.2) is 36.4 Å². The van der Waals surface area contributed by atoms with Gasteiger partial charge in [0.25, 0.3) is 5.91 Å². The van der Waals surface area contributed by atoms with Crippen molar-refractivity contribution in [2.75, 3.05) is 12.4 Å². The molecule has 0 aliphatic carbocycles. The van der Waals surface area contributed by atoms with Crippen LogP contribution < -0.4 is 10.1 Å². The standard InChI is InChI=1S/C16H10ClF6NO2/c1-26-13-3-2-11(7-12(13)17)24-14(25)8-4-9(15(18,19)20)6-10(5-8)16(21,22)23/h2-7H,1H3,(H,24,25). The fourth-order valence-corrected chi connectivity index (χ4v) is 2.29. The number of anilines is 1. The minimum atomic E-state index is -5.04. The van der Waals surface area contributed by atoms with Crippen LogP contribution in [0.1, 0.15) is 21.5 Å². The molecule has 0 bridgehead atoms. The maximum Gasteiger partial charge on any atom is 0.416 e. The molecule has 1 N–H and O–H groups in total. The van der Waals surface area contributed by atoms with E-state index in [1.807, 2.05) is 0 Å². The van der Waals surface area contributed by atoms with Gasteiger partial charge in [0.1, 0.15) is 5.75 Å². The lowest BCUT2D eigenvalue weighted by atomic mass is 10.0. The highest BCUT2D eigenvalue weighted by molar-refractivity contribution is 6.32. The quantitative estimate of drug-likeness (QED) is 0.681. The summed E-state index contributed by atoms with van der Waals surface area (Å²) in [6.45, 7) is 0. The molecule has 0 aliphatic rings. The van der Waals surface area contributed by atoms with Gasteiger partial charge in [0, 0.05) is 11.3 Å². The van der Waals surface area contributed by atoms with E-state index in [1.54, 1.807) is 0 Å². The molecular weight excluding hydrogens is 388 g/mol. The van der Waals surface area contributed by atoms with Gasteiger partial charge in [-0.15, -0.1) is 0 Å². The Kier molecular flexibility index (Phi) is 5.41. The van der Waals surface area contributed by atoms with E-state index in [9.17, 15) is 31.1 Å². The van der Waals surface area contributed by atoms with Crippen molar-refractivity contribution in [3.05, 3.63) is 58.1 Å². The lowest BCUT2D eigenvalue weighted by Gasteiger charge is -2.14. The molecule has 0 spiro atoms. The Morgan fingerprint density at radius 1 is 0.962 bits per heavy atom. The second-order valence-electron chi connectivity index (χ2n) is 5.10. The average Bonchev–Trinajstić information content (AvgIpc) is 2.53. The third-order valence-electron chi connectivity index (χ3n) is 3.26. The minimum Gasteiger partial charge on any atom is -0.495 e. The Balaban J connectivity index is 2.40. The molecule has 10 heteroatoms. The lowest BCUT2D eigenvalue weighted by Crippen LogP contribution is -2.17. The molecule has 0 aromatic heterocycles. The molecule has 0 aliphatic heterocycles. The van der Waals surface area contributed by atoms with Gasteiger partial charge in [-0.2, -0.15) is 26.3 Å². The van der Waals surface area contributed by atoms with E-state index in [4.69, 9.17) is 16.3 Å². The summed E-state index contributed by atoms with van der Waals surface area (Å²) in [5.74, 6) is -0.870. The molecule has 1 amide bonds. The van der Waals surface area contributed by atoms with Crippen molar-refractivity contribution < 1.29 is 35.9 Å². The average molecular weight is 398 g/mol. The first-order chi connectivity index (χ1) is 11.9. The van der Waals surface area contributed by atoms with Crippen LogP contribution in [0.3, 0.4) is 0 Å². The Labute approximate surface area is 148 Å². The predicted octanol–water partition coefficient (Wildman–Crippen LogP) is 5.64. The molecule has 3 nitrogen and oxygen atoms in total. The number of carbonyl (C=O) groups excluding carboxylic acids is 1. The summed E-state index contributed by atoms with van der Waals surface area (Å²) in [6.07, 6.45) is -10.1. The maximum absolute atomic E-state index is 12.8. The molecular formula is C16H10ClF6NO2. The summed E-state index contributed by atoms with van der Waals surface area (Å²) in [7, 11) is 1.35. The van der Waals surface area contributed by atoms with Crippen molar-refractivity contribution in [1.82, 2.24) is 0 Å². The first kappa shape index (κ1) is 19.9. The molecule has 0 unspecified atom stereocenters. The molecule has 0 heterocycles. The zero-order chi connectivity index (χ0) is 19.7. The monoisotopic (exact) mass is 397 g/mol. The Hall–Kier alpha value is -2.42. The number of amides is 1. The number of benzene rings is 2. The number of nitrogens with one attached hydrogen (secondary N) is 1. The zero-order valence-corrected chi connectivity index (χ0v) is 13.7. The van der Waals surface area contributed by atoms with Crippen LogP contribution in [0, 0.1) is 0 Å². The van der Waals surface area contributed by atoms with Crippen LogP contribution >= 0.6 is 11.6 Å². The lowest BCUT2D eigenvalue weighted by molar-refractivity contribution is -0.143. The molecule has 0 atom stereocenters. The second kappa shape index (κ2) is 7.06. The Bertz CT molecular complexity index is 800. The highest BCUT2D eigenvalue weighted by Crippen LogP contribution is 2.36. The van der Waals surface area contributed by atoms with Crippen LogP contribution in [0.2, 0.25) is 5.02 Å². The molecule has 0 radical (unpaired) electrons. The van der Waals surface area contributed by atoms with Gasteiger partial charge >= 0.3 is 12.4 Å². The molecule has 26 heavy (non-hydrogen) atoms.